The van der Waals surface area contributed by atoms with Crippen LogP contribution < -0.4 is 5.32 Å². The Labute approximate surface area is 117 Å². The fourth-order valence-electron chi connectivity index (χ4n) is 3.40. The van der Waals surface area contributed by atoms with Crippen molar-refractivity contribution in [1.29, 1.82) is 0 Å². The monoisotopic (exact) mass is 267 g/mol. The van der Waals surface area contributed by atoms with E-state index in [9.17, 15) is 4.79 Å². The van der Waals surface area contributed by atoms with Gasteiger partial charge in [0.15, 0.2) is 0 Å². The minimum atomic E-state index is 0.224. The summed E-state index contributed by atoms with van der Waals surface area (Å²) in [6.45, 7) is 8.33. The largest absolute Gasteiger partial charge is 0.343 e. The second-order valence-electron chi connectivity index (χ2n) is 6.38. The highest BCUT2D eigenvalue weighted by molar-refractivity contribution is 5.73. The number of piperidine rings is 2. The summed E-state index contributed by atoms with van der Waals surface area (Å²) in [5.74, 6) is 1.05. The Morgan fingerprint density at radius 2 is 1.68 bits per heavy atom. The van der Waals surface area contributed by atoms with Gasteiger partial charge in [-0.2, -0.15) is 0 Å². The van der Waals surface area contributed by atoms with Gasteiger partial charge in [-0.05, 0) is 58.7 Å². The zero-order valence-corrected chi connectivity index (χ0v) is 12.7. The number of hydrogen-bond acceptors (Lipinski definition) is 3. The SMILES string of the molecule is CC(=O)N1CCC(NC(C)C2CCN(C)CC2)CC1. The van der Waals surface area contributed by atoms with E-state index in [0.717, 1.165) is 31.8 Å². The Hall–Kier alpha value is -0.610. The molecule has 1 unspecified atom stereocenters. The standard InChI is InChI=1S/C15H29N3O/c1-12(14-4-8-17(3)9-5-14)16-15-6-10-18(11-7-15)13(2)19/h12,14-16H,4-11H2,1-3H3. The molecule has 1 amide bonds. The van der Waals surface area contributed by atoms with Crippen molar-refractivity contribution in [2.75, 3.05) is 33.2 Å². The van der Waals surface area contributed by atoms with E-state index in [1.165, 1.54) is 25.9 Å². The molecule has 0 bridgehead atoms. The average Bonchev–Trinajstić information content (AvgIpc) is 2.40. The Bertz CT molecular complexity index is 292. The molecule has 19 heavy (non-hydrogen) atoms. The Balaban J connectivity index is 1.71. The number of carbonyl (C=O) groups excluding carboxylic acids is 1. The quantitative estimate of drug-likeness (QED) is 0.837. The summed E-state index contributed by atoms with van der Waals surface area (Å²) in [6, 6.07) is 1.22. The molecular formula is C15H29N3O. The number of carbonyl (C=O) groups is 1. The molecule has 0 radical (unpaired) electrons. The lowest BCUT2D eigenvalue weighted by Crippen LogP contribution is -2.49. The van der Waals surface area contributed by atoms with Gasteiger partial charge in [-0.25, -0.2) is 0 Å². The maximum Gasteiger partial charge on any atom is 0.219 e. The lowest BCUT2D eigenvalue weighted by atomic mass is 9.89. The second-order valence-corrected chi connectivity index (χ2v) is 6.38. The van der Waals surface area contributed by atoms with Gasteiger partial charge < -0.3 is 15.1 Å². The molecule has 2 fully saturated rings. The lowest BCUT2D eigenvalue weighted by Gasteiger charge is -2.37. The number of amides is 1. The van der Waals surface area contributed by atoms with E-state index < -0.39 is 0 Å². The van der Waals surface area contributed by atoms with Crippen molar-refractivity contribution in [3.63, 3.8) is 0 Å². The van der Waals surface area contributed by atoms with Gasteiger partial charge in [0, 0.05) is 32.1 Å². The number of nitrogens with zero attached hydrogens (tertiary/aromatic N) is 2. The van der Waals surface area contributed by atoms with E-state index in [1.807, 2.05) is 4.90 Å². The molecule has 0 saturated carbocycles. The molecule has 2 aliphatic rings. The van der Waals surface area contributed by atoms with Crippen LogP contribution in [-0.4, -0.2) is 61.0 Å². The minimum absolute atomic E-state index is 0.224. The maximum absolute atomic E-state index is 11.3. The first-order valence-electron chi connectivity index (χ1n) is 7.76. The summed E-state index contributed by atoms with van der Waals surface area (Å²) >= 11 is 0. The average molecular weight is 267 g/mol. The summed E-state index contributed by atoms with van der Waals surface area (Å²) in [7, 11) is 2.21. The Morgan fingerprint density at radius 3 is 2.21 bits per heavy atom. The molecule has 2 aliphatic heterocycles. The lowest BCUT2D eigenvalue weighted by molar-refractivity contribution is -0.129. The van der Waals surface area contributed by atoms with Gasteiger partial charge in [-0.3, -0.25) is 4.79 Å². The zero-order valence-electron chi connectivity index (χ0n) is 12.7. The van der Waals surface area contributed by atoms with Crippen molar-refractivity contribution in [3.8, 4) is 0 Å². The van der Waals surface area contributed by atoms with Gasteiger partial charge >= 0.3 is 0 Å². The van der Waals surface area contributed by atoms with E-state index in [0.29, 0.717) is 12.1 Å². The van der Waals surface area contributed by atoms with Crippen molar-refractivity contribution < 1.29 is 4.79 Å². The van der Waals surface area contributed by atoms with Crippen LogP contribution in [0.5, 0.6) is 0 Å². The van der Waals surface area contributed by atoms with Gasteiger partial charge in [0.05, 0.1) is 0 Å². The molecular weight excluding hydrogens is 238 g/mol. The van der Waals surface area contributed by atoms with Crippen LogP contribution in [0.1, 0.15) is 39.5 Å². The molecule has 4 nitrogen and oxygen atoms in total. The van der Waals surface area contributed by atoms with Crippen molar-refractivity contribution in [1.82, 2.24) is 15.1 Å². The van der Waals surface area contributed by atoms with Gasteiger partial charge in [0.25, 0.3) is 0 Å². The van der Waals surface area contributed by atoms with E-state index in [1.54, 1.807) is 6.92 Å². The van der Waals surface area contributed by atoms with Crippen LogP contribution in [0.25, 0.3) is 0 Å². The fourth-order valence-corrected chi connectivity index (χ4v) is 3.40. The smallest absolute Gasteiger partial charge is 0.219 e. The molecule has 4 heteroatoms. The van der Waals surface area contributed by atoms with Crippen molar-refractivity contribution >= 4 is 5.91 Å². The number of rotatable bonds is 3. The van der Waals surface area contributed by atoms with Gasteiger partial charge in [0.1, 0.15) is 0 Å². The summed E-state index contributed by atoms with van der Waals surface area (Å²) in [5, 5.41) is 3.81. The molecule has 2 rings (SSSR count). The van der Waals surface area contributed by atoms with E-state index in [4.69, 9.17) is 0 Å². The Kier molecular flexibility index (Phi) is 5.22. The predicted molar refractivity (Wildman–Crippen MR) is 78.1 cm³/mol. The first-order valence-corrected chi connectivity index (χ1v) is 7.76. The molecule has 0 spiro atoms. The van der Waals surface area contributed by atoms with Crippen molar-refractivity contribution in [2.45, 2.75) is 51.6 Å². The van der Waals surface area contributed by atoms with Crippen molar-refractivity contribution in [3.05, 3.63) is 0 Å². The normalized spacial score (nSPS) is 25.5. The predicted octanol–water partition coefficient (Wildman–Crippen LogP) is 1.32. The zero-order chi connectivity index (χ0) is 13.8. The van der Waals surface area contributed by atoms with Gasteiger partial charge in [-0.15, -0.1) is 0 Å². The summed E-state index contributed by atoms with van der Waals surface area (Å²) in [5.41, 5.74) is 0. The third-order valence-electron chi connectivity index (χ3n) is 4.91. The first-order chi connectivity index (χ1) is 9.06. The van der Waals surface area contributed by atoms with Crippen LogP contribution in [0.15, 0.2) is 0 Å². The summed E-state index contributed by atoms with van der Waals surface area (Å²) < 4.78 is 0. The molecule has 0 aliphatic carbocycles. The molecule has 2 saturated heterocycles. The van der Waals surface area contributed by atoms with Gasteiger partial charge in [0.2, 0.25) is 5.91 Å². The Morgan fingerprint density at radius 1 is 1.11 bits per heavy atom. The highest BCUT2D eigenvalue weighted by Crippen LogP contribution is 2.21. The van der Waals surface area contributed by atoms with Crippen LogP contribution >= 0.6 is 0 Å². The molecule has 0 aromatic rings. The third kappa shape index (κ3) is 4.18. The van der Waals surface area contributed by atoms with Crippen LogP contribution in [0.3, 0.4) is 0 Å². The highest BCUT2D eigenvalue weighted by Gasteiger charge is 2.26. The minimum Gasteiger partial charge on any atom is -0.343 e. The van der Waals surface area contributed by atoms with Crippen LogP contribution in [0.2, 0.25) is 0 Å². The van der Waals surface area contributed by atoms with Gasteiger partial charge in [-0.1, -0.05) is 0 Å². The number of nitrogens with one attached hydrogen (secondary N) is 1. The van der Waals surface area contributed by atoms with E-state index >= 15 is 0 Å². The molecule has 110 valence electrons. The summed E-state index contributed by atoms with van der Waals surface area (Å²) in [6.07, 6.45) is 4.85. The molecule has 1 atom stereocenters. The second kappa shape index (κ2) is 6.71. The summed E-state index contributed by atoms with van der Waals surface area (Å²) in [4.78, 5) is 15.7. The third-order valence-corrected chi connectivity index (χ3v) is 4.91. The molecule has 0 aromatic carbocycles. The fraction of sp³-hybridized carbons (Fsp3) is 0.933. The molecule has 1 N–H and O–H groups in total. The van der Waals surface area contributed by atoms with Crippen LogP contribution in [0, 0.1) is 5.92 Å². The molecule has 2 heterocycles. The van der Waals surface area contributed by atoms with Crippen molar-refractivity contribution in [2.24, 2.45) is 5.92 Å². The van der Waals surface area contributed by atoms with Crippen LogP contribution in [-0.2, 0) is 4.79 Å². The molecule has 0 aromatic heterocycles. The van der Waals surface area contributed by atoms with E-state index in [2.05, 4.69) is 24.2 Å². The topological polar surface area (TPSA) is 35.6 Å². The first kappa shape index (κ1) is 14.8. The van der Waals surface area contributed by atoms with Crippen LogP contribution in [0.4, 0.5) is 0 Å². The highest BCUT2D eigenvalue weighted by atomic mass is 16.2. The number of hydrogen-bond donors (Lipinski definition) is 1. The van der Waals surface area contributed by atoms with E-state index in [-0.39, 0.29) is 5.91 Å². The number of likely N-dealkylation sites (tertiary alicyclic amines) is 2. The maximum atomic E-state index is 11.3.